The zero-order valence-electron chi connectivity index (χ0n) is 15.8. The van der Waals surface area contributed by atoms with E-state index in [1.54, 1.807) is 24.3 Å². The lowest BCUT2D eigenvalue weighted by atomic mass is 10.1. The highest BCUT2D eigenvalue weighted by atomic mass is 35.5. The number of piperazine rings is 1. The second kappa shape index (κ2) is 8.93. The van der Waals surface area contributed by atoms with Gasteiger partial charge in [0.1, 0.15) is 19.0 Å². The number of benzene rings is 2. The number of amides is 2. The molecule has 1 heterocycles. The molecule has 0 spiro atoms. The first kappa shape index (κ1) is 22.5. The van der Waals surface area contributed by atoms with Crippen LogP contribution < -0.4 is 4.90 Å². The summed E-state index contributed by atoms with van der Waals surface area (Å²) in [5, 5.41) is 0.501. The van der Waals surface area contributed by atoms with Gasteiger partial charge in [-0.15, -0.1) is 0 Å². The number of esters is 1. The standard InChI is InChI=1S/C20H15ClF4N2O4/c21-13-2-4-14(5-3-13)27-8-7-26(10-17(27)28)18(29)15-9-12(1-6-16(15)22)11-31-19(30)20(23,24)25/h1-6,9H,7-8,10-11H2. The van der Waals surface area contributed by atoms with Crippen molar-refractivity contribution < 1.29 is 36.7 Å². The summed E-state index contributed by atoms with van der Waals surface area (Å²) in [6.07, 6.45) is -5.16. The minimum atomic E-state index is -5.16. The van der Waals surface area contributed by atoms with Crippen LogP contribution >= 0.6 is 11.6 Å². The van der Waals surface area contributed by atoms with Crippen LogP contribution in [0.1, 0.15) is 15.9 Å². The Hall–Kier alpha value is -3.14. The number of hydrogen-bond acceptors (Lipinski definition) is 4. The van der Waals surface area contributed by atoms with E-state index in [0.29, 0.717) is 10.7 Å². The van der Waals surface area contributed by atoms with Crippen molar-refractivity contribution in [1.29, 1.82) is 0 Å². The highest BCUT2D eigenvalue weighted by Crippen LogP contribution is 2.22. The normalized spacial score (nSPS) is 14.5. The molecule has 0 atom stereocenters. The molecule has 1 fully saturated rings. The van der Waals surface area contributed by atoms with Crippen LogP contribution in [0.2, 0.25) is 5.02 Å². The summed E-state index contributed by atoms with van der Waals surface area (Å²) in [6.45, 7) is -0.826. The predicted molar refractivity (Wildman–Crippen MR) is 102 cm³/mol. The van der Waals surface area contributed by atoms with E-state index in [4.69, 9.17) is 11.6 Å². The number of alkyl halides is 3. The van der Waals surface area contributed by atoms with Crippen molar-refractivity contribution in [2.24, 2.45) is 0 Å². The van der Waals surface area contributed by atoms with Crippen molar-refractivity contribution in [3.8, 4) is 0 Å². The van der Waals surface area contributed by atoms with Crippen LogP contribution in [0.4, 0.5) is 23.2 Å². The fraction of sp³-hybridized carbons (Fsp3) is 0.250. The summed E-state index contributed by atoms with van der Waals surface area (Å²) in [7, 11) is 0. The zero-order chi connectivity index (χ0) is 22.8. The van der Waals surface area contributed by atoms with E-state index in [9.17, 15) is 31.9 Å². The zero-order valence-corrected chi connectivity index (χ0v) is 16.5. The highest BCUT2D eigenvalue weighted by Gasteiger charge is 2.41. The van der Waals surface area contributed by atoms with E-state index in [1.807, 2.05) is 0 Å². The van der Waals surface area contributed by atoms with Crippen molar-refractivity contribution in [1.82, 2.24) is 4.90 Å². The Morgan fingerprint density at radius 3 is 2.35 bits per heavy atom. The average molecular weight is 459 g/mol. The molecular formula is C20H15ClF4N2O4. The largest absolute Gasteiger partial charge is 0.490 e. The van der Waals surface area contributed by atoms with Crippen molar-refractivity contribution in [3.63, 3.8) is 0 Å². The predicted octanol–water partition coefficient (Wildman–Crippen LogP) is 3.57. The quantitative estimate of drug-likeness (QED) is 0.519. The number of ether oxygens (including phenoxy) is 1. The van der Waals surface area contributed by atoms with Gasteiger partial charge in [-0.2, -0.15) is 13.2 Å². The summed E-state index contributed by atoms with van der Waals surface area (Å²) < 4.78 is 55.0. The van der Waals surface area contributed by atoms with E-state index in [1.165, 1.54) is 4.90 Å². The molecule has 2 aromatic rings. The third kappa shape index (κ3) is 5.32. The number of hydrogen-bond donors (Lipinski definition) is 0. The lowest BCUT2D eigenvalue weighted by Gasteiger charge is -2.34. The van der Waals surface area contributed by atoms with E-state index < -0.39 is 41.9 Å². The first-order valence-electron chi connectivity index (χ1n) is 8.94. The summed E-state index contributed by atoms with van der Waals surface area (Å²) in [5.41, 5.74) is 0.155. The number of anilines is 1. The van der Waals surface area contributed by atoms with Gasteiger partial charge in [-0.3, -0.25) is 9.59 Å². The van der Waals surface area contributed by atoms with Crippen LogP contribution in [0.3, 0.4) is 0 Å². The summed E-state index contributed by atoms with van der Waals surface area (Å²) >= 11 is 5.83. The maximum atomic E-state index is 14.2. The Bertz CT molecular complexity index is 1010. The molecule has 3 rings (SSSR count). The minimum absolute atomic E-state index is 0.00604. The number of rotatable bonds is 4. The van der Waals surface area contributed by atoms with E-state index in [-0.39, 0.29) is 25.2 Å². The number of carbonyl (C=O) groups is 3. The van der Waals surface area contributed by atoms with Gasteiger partial charge in [0, 0.05) is 23.8 Å². The monoisotopic (exact) mass is 458 g/mol. The molecule has 6 nitrogen and oxygen atoms in total. The molecule has 0 saturated carbocycles. The molecule has 0 aliphatic carbocycles. The molecule has 1 aliphatic rings. The Kier molecular flexibility index (Phi) is 6.49. The Morgan fingerprint density at radius 2 is 1.74 bits per heavy atom. The molecule has 1 aliphatic heterocycles. The number of nitrogens with zero attached hydrogens (tertiary/aromatic N) is 2. The maximum absolute atomic E-state index is 14.2. The molecular weight excluding hydrogens is 444 g/mol. The number of carbonyl (C=O) groups excluding carboxylic acids is 3. The molecule has 0 aromatic heterocycles. The lowest BCUT2D eigenvalue weighted by Crippen LogP contribution is -2.52. The molecule has 1 saturated heterocycles. The third-order valence-corrected chi connectivity index (χ3v) is 4.76. The Morgan fingerprint density at radius 1 is 1.06 bits per heavy atom. The van der Waals surface area contributed by atoms with Gasteiger partial charge in [-0.1, -0.05) is 17.7 Å². The van der Waals surface area contributed by atoms with Gasteiger partial charge in [0.25, 0.3) is 5.91 Å². The SMILES string of the molecule is O=C(c1cc(COC(=O)C(F)(F)F)ccc1F)N1CCN(c2ccc(Cl)cc2)C(=O)C1. The van der Waals surface area contributed by atoms with E-state index in [2.05, 4.69) is 4.74 Å². The second-order valence-corrected chi connectivity index (χ2v) is 7.07. The fourth-order valence-electron chi connectivity index (χ4n) is 2.97. The van der Waals surface area contributed by atoms with Crippen molar-refractivity contribution in [2.75, 3.05) is 24.5 Å². The van der Waals surface area contributed by atoms with Crippen LogP contribution in [-0.2, 0) is 20.9 Å². The topological polar surface area (TPSA) is 66.9 Å². The van der Waals surface area contributed by atoms with Crippen molar-refractivity contribution >= 4 is 35.1 Å². The van der Waals surface area contributed by atoms with Crippen LogP contribution in [0.25, 0.3) is 0 Å². The fourth-order valence-corrected chi connectivity index (χ4v) is 3.09. The molecule has 0 bridgehead atoms. The summed E-state index contributed by atoms with van der Waals surface area (Å²) in [4.78, 5) is 38.6. The van der Waals surface area contributed by atoms with Gasteiger partial charge in [0.05, 0.1) is 5.56 Å². The highest BCUT2D eigenvalue weighted by molar-refractivity contribution is 6.30. The molecule has 31 heavy (non-hydrogen) atoms. The summed E-state index contributed by atoms with van der Waals surface area (Å²) in [6, 6.07) is 9.53. The lowest BCUT2D eigenvalue weighted by molar-refractivity contribution is -0.201. The third-order valence-electron chi connectivity index (χ3n) is 4.51. The van der Waals surface area contributed by atoms with Crippen molar-refractivity contribution in [2.45, 2.75) is 12.8 Å². The Balaban J connectivity index is 1.69. The minimum Gasteiger partial charge on any atom is -0.454 e. The smallest absolute Gasteiger partial charge is 0.454 e. The van der Waals surface area contributed by atoms with E-state index >= 15 is 0 Å². The molecule has 0 radical (unpaired) electrons. The average Bonchev–Trinajstić information content (AvgIpc) is 2.72. The van der Waals surface area contributed by atoms with Crippen LogP contribution in [0.5, 0.6) is 0 Å². The number of halogens is 5. The van der Waals surface area contributed by atoms with Crippen LogP contribution in [0, 0.1) is 5.82 Å². The van der Waals surface area contributed by atoms with Gasteiger partial charge in [0.15, 0.2) is 0 Å². The van der Waals surface area contributed by atoms with E-state index in [0.717, 1.165) is 23.1 Å². The van der Waals surface area contributed by atoms with Crippen LogP contribution in [0.15, 0.2) is 42.5 Å². The molecule has 2 amide bonds. The molecule has 0 N–H and O–H groups in total. The van der Waals surface area contributed by atoms with Crippen LogP contribution in [-0.4, -0.2) is 48.5 Å². The first-order chi connectivity index (χ1) is 14.6. The van der Waals surface area contributed by atoms with Gasteiger partial charge < -0.3 is 14.5 Å². The molecule has 0 unspecified atom stereocenters. The van der Waals surface area contributed by atoms with Crippen molar-refractivity contribution in [3.05, 3.63) is 64.4 Å². The van der Waals surface area contributed by atoms with Gasteiger partial charge in [-0.25, -0.2) is 9.18 Å². The summed E-state index contributed by atoms with van der Waals surface area (Å²) in [5.74, 6) is -4.50. The van der Waals surface area contributed by atoms with Gasteiger partial charge >= 0.3 is 12.1 Å². The molecule has 2 aromatic carbocycles. The van der Waals surface area contributed by atoms with Gasteiger partial charge in [-0.05, 0) is 42.0 Å². The first-order valence-corrected chi connectivity index (χ1v) is 9.31. The second-order valence-electron chi connectivity index (χ2n) is 6.64. The molecule has 164 valence electrons. The maximum Gasteiger partial charge on any atom is 0.490 e. The van der Waals surface area contributed by atoms with Gasteiger partial charge in [0.2, 0.25) is 5.91 Å². The molecule has 11 heteroatoms. The Labute approximate surface area is 178 Å².